The maximum absolute atomic E-state index is 12.2. The van der Waals surface area contributed by atoms with E-state index >= 15 is 0 Å². The van der Waals surface area contributed by atoms with Gasteiger partial charge in [0.05, 0.1) is 0 Å². The van der Waals surface area contributed by atoms with E-state index in [9.17, 15) is 9.90 Å². The second kappa shape index (κ2) is 4.96. The Morgan fingerprint density at radius 2 is 2.06 bits per heavy atom. The van der Waals surface area contributed by atoms with E-state index in [4.69, 9.17) is 11.6 Å². The molecule has 0 radical (unpaired) electrons. The lowest BCUT2D eigenvalue weighted by Gasteiger charge is -2.29. The summed E-state index contributed by atoms with van der Waals surface area (Å²) in [7, 11) is 0. The highest BCUT2D eigenvalue weighted by Crippen LogP contribution is 2.21. The number of aryl methyl sites for hydroxylation is 1. The van der Waals surface area contributed by atoms with Crippen LogP contribution in [-0.2, 0) is 0 Å². The molecule has 0 bridgehead atoms. The zero-order chi connectivity index (χ0) is 12.4. The number of hydrogen-bond acceptors (Lipinski definition) is 2. The molecule has 92 valence electrons. The molecule has 0 saturated carbocycles. The first-order valence-electron chi connectivity index (χ1n) is 5.81. The Kier molecular flexibility index (Phi) is 3.57. The molecule has 1 aliphatic heterocycles. The molecular weight excluding hydrogens is 238 g/mol. The standard InChI is InChI=1S/C13H16ClNO2/c1-9-8-11(16)2-3-12(9)13(17)15-6-4-10(14)5-7-15/h2-3,8,10,16H,4-7H2,1H3. The second-order valence-corrected chi connectivity index (χ2v) is 5.08. The molecule has 2 rings (SSSR count). The van der Waals surface area contributed by atoms with Crippen LogP contribution >= 0.6 is 11.6 Å². The summed E-state index contributed by atoms with van der Waals surface area (Å²) in [4.78, 5) is 14.1. The highest BCUT2D eigenvalue weighted by molar-refractivity contribution is 6.20. The van der Waals surface area contributed by atoms with Crippen LogP contribution in [0.2, 0.25) is 0 Å². The van der Waals surface area contributed by atoms with Crippen LogP contribution in [-0.4, -0.2) is 34.4 Å². The Morgan fingerprint density at radius 3 is 2.65 bits per heavy atom. The van der Waals surface area contributed by atoms with Crippen LogP contribution in [0.25, 0.3) is 0 Å². The molecule has 1 heterocycles. The molecule has 1 aliphatic rings. The SMILES string of the molecule is Cc1cc(O)ccc1C(=O)N1CCC(Cl)CC1. The number of phenolic OH excluding ortho intramolecular Hbond substituents is 1. The van der Waals surface area contributed by atoms with E-state index in [0.717, 1.165) is 18.4 Å². The lowest BCUT2D eigenvalue weighted by Crippen LogP contribution is -2.39. The lowest BCUT2D eigenvalue weighted by atomic mass is 10.0. The first-order valence-corrected chi connectivity index (χ1v) is 6.24. The zero-order valence-electron chi connectivity index (χ0n) is 9.82. The first-order chi connectivity index (χ1) is 8.08. The van der Waals surface area contributed by atoms with Crippen LogP contribution < -0.4 is 0 Å². The number of carbonyl (C=O) groups excluding carboxylic acids is 1. The monoisotopic (exact) mass is 253 g/mol. The van der Waals surface area contributed by atoms with Gasteiger partial charge in [0.25, 0.3) is 5.91 Å². The summed E-state index contributed by atoms with van der Waals surface area (Å²) >= 11 is 6.01. The summed E-state index contributed by atoms with van der Waals surface area (Å²) in [5.41, 5.74) is 1.47. The fourth-order valence-corrected chi connectivity index (χ4v) is 2.30. The van der Waals surface area contributed by atoms with Crippen molar-refractivity contribution < 1.29 is 9.90 Å². The normalized spacial score (nSPS) is 17.2. The molecule has 0 atom stereocenters. The molecule has 1 amide bonds. The van der Waals surface area contributed by atoms with Gasteiger partial charge in [-0.15, -0.1) is 11.6 Å². The Hall–Kier alpha value is -1.22. The molecular formula is C13H16ClNO2. The van der Waals surface area contributed by atoms with Gasteiger partial charge in [0.2, 0.25) is 0 Å². The van der Waals surface area contributed by atoms with Crippen molar-refractivity contribution in [3.05, 3.63) is 29.3 Å². The Labute approximate surface area is 106 Å². The van der Waals surface area contributed by atoms with Gasteiger partial charge in [-0.05, 0) is 43.5 Å². The van der Waals surface area contributed by atoms with E-state index < -0.39 is 0 Å². The number of carbonyl (C=O) groups is 1. The number of rotatable bonds is 1. The molecule has 4 heteroatoms. The number of likely N-dealkylation sites (tertiary alicyclic amines) is 1. The minimum Gasteiger partial charge on any atom is -0.508 e. The summed E-state index contributed by atoms with van der Waals surface area (Å²) in [5, 5.41) is 9.52. The molecule has 1 aromatic rings. The number of halogens is 1. The van der Waals surface area contributed by atoms with Gasteiger partial charge >= 0.3 is 0 Å². The van der Waals surface area contributed by atoms with Crippen molar-refractivity contribution in [2.24, 2.45) is 0 Å². The van der Waals surface area contributed by atoms with Crippen LogP contribution in [0.1, 0.15) is 28.8 Å². The Morgan fingerprint density at radius 1 is 1.41 bits per heavy atom. The molecule has 0 aliphatic carbocycles. The number of alkyl halides is 1. The number of hydrogen-bond donors (Lipinski definition) is 1. The predicted molar refractivity (Wildman–Crippen MR) is 67.6 cm³/mol. The zero-order valence-corrected chi connectivity index (χ0v) is 10.6. The van der Waals surface area contributed by atoms with Crippen molar-refractivity contribution in [3.63, 3.8) is 0 Å². The summed E-state index contributed by atoms with van der Waals surface area (Å²) < 4.78 is 0. The predicted octanol–water partition coefficient (Wildman–Crippen LogP) is 2.54. The van der Waals surface area contributed by atoms with Gasteiger partial charge in [0, 0.05) is 24.0 Å². The number of phenols is 1. The van der Waals surface area contributed by atoms with Crippen LogP contribution in [0.4, 0.5) is 0 Å². The van der Waals surface area contributed by atoms with Crippen molar-refractivity contribution in [3.8, 4) is 5.75 Å². The number of piperidine rings is 1. The van der Waals surface area contributed by atoms with E-state index in [-0.39, 0.29) is 17.0 Å². The smallest absolute Gasteiger partial charge is 0.254 e. The van der Waals surface area contributed by atoms with Gasteiger partial charge in [0.1, 0.15) is 5.75 Å². The third-order valence-corrected chi connectivity index (χ3v) is 3.59. The quantitative estimate of drug-likeness (QED) is 0.782. The number of benzene rings is 1. The average Bonchev–Trinajstić information content (AvgIpc) is 2.29. The van der Waals surface area contributed by atoms with Crippen molar-refractivity contribution in [2.45, 2.75) is 25.1 Å². The van der Waals surface area contributed by atoms with E-state index in [1.54, 1.807) is 18.2 Å². The molecule has 1 N–H and O–H groups in total. The fourth-order valence-electron chi connectivity index (χ4n) is 2.11. The maximum atomic E-state index is 12.2. The lowest BCUT2D eigenvalue weighted by molar-refractivity contribution is 0.0726. The first kappa shape index (κ1) is 12.2. The summed E-state index contributed by atoms with van der Waals surface area (Å²) in [6.45, 7) is 3.27. The second-order valence-electron chi connectivity index (χ2n) is 4.47. The van der Waals surface area contributed by atoms with E-state index in [1.807, 2.05) is 11.8 Å². The molecule has 0 aromatic heterocycles. The summed E-state index contributed by atoms with van der Waals surface area (Å²) in [6.07, 6.45) is 1.70. The van der Waals surface area contributed by atoms with Gasteiger partial charge in [0.15, 0.2) is 0 Å². The number of amides is 1. The Balaban J connectivity index is 2.14. The molecule has 3 nitrogen and oxygen atoms in total. The van der Waals surface area contributed by atoms with Crippen LogP contribution in [0, 0.1) is 6.92 Å². The van der Waals surface area contributed by atoms with Gasteiger partial charge in [-0.2, -0.15) is 0 Å². The van der Waals surface area contributed by atoms with Gasteiger partial charge in [-0.1, -0.05) is 0 Å². The van der Waals surface area contributed by atoms with Crippen LogP contribution in [0.15, 0.2) is 18.2 Å². The third kappa shape index (κ3) is 2.72. The van der Waals surface area contributed by atoms with Gasteiger partial charge in [-0.3, -0.25) is 4.79 Å². The molecule has 17 heavy (non-hydrogen) atoms. The fraction of sp³-hybridized carbons (Fsp3) is 0.462. The van der Waals surface area contributed by atoms with Gasteiger partial charge in [-0.25, -0.2) is 0 Å². The van der Waals surface area contributed by atoms with Gasteiger partial charge < -0.3 is 10.0 Å². The molecule has 0 unspecified atom stereocenters. The third-order valence-electron chi connectivity index (χ3n) is 3.15. The Bertz CT molecular complexity index is 425. The highest BCUT2D eigenvalue weighted by atomic mass is 35.5. The minimum absolute atomic E-state index is 0.0334. The van der Waals surface area contributed by atoms with Crippen LogP contribution in [0.5, 0.6) is 5.75 Å². The highest BCUT2D eigenvalue weighted by Gasteiger charge is 2.23. The number of aromatic hydroxyl groups is 1. The summed E-state index contributed by atoms with van der Waals surface area (Å²) in [5.74, 6) is 0.226. The summed E-state index contributed by atoms with van der Waals surface area (Å²) in [6, 6.07) is 4.84. The maximum Gasteiger partial charge on any atom is 0.254 e. The van der Waals surface area contributed by atoms with Crippen molar-refractivity contribution in [1.29, 1.82) is 0 Å². The average molecular weight is 254 g/mol. The van der Waals surface area contributed by atoms with E-state index in [1.165, 1.54) is 0 Å². The van der Waals surface area contributed by atoms with E-state index in [0.29, 0.717) is 18.7 Å². The van der Waals surface area contributed by atoms with Crippen molar-refractivity contribution >= 4 is 17.5 Å². The molecule has 1 fully saturated rings. The molecule has 1 aromatic carbocycles. The minimum atomic E-state index is 0.0334. The number of nitrogens with zero attached hydrogens (tertiary/aromatic N) is 1. The molecule has 1 saturated heterocycles. The van der Waals surface area contributed by atoms with Crippen molar-refractivity contribution in [2.75, 3.05) is 13.1 Å². The largest absolute Gasteiger partial charge is 0.508 e. The molecule has 0 spiro atoms. The van der Waals surface area contributed by atoms with E-state index in [2.05, 4.69) is 0 Å². The van der Waals surface area contributed by atoms with Crippen LogP contribution in [0.3, 0.4) is 0 Å². The topological polar surface area (TPSA) is 40.5 Å². The van der Waals surface area contributed by atoms with Crippen molar-refractivity contribution in [1.82, 2.24) is 4.90 Å².